The van der Waals surface area contributed by atoms with Crippen LogP contribution in [0.3, 0.4) is 0 Å². The number of hydrogen-bond acceptors (Lipinski definition) is 2. The Morgan fingerprint density at radius 2 is 1.56 bits per heavy atom. The topological polar surface area (TPSA) is 20.3 Å². The second-order valence-electron chi connectivity index (χ2n) is 3.85. The standard InChI is InChI=1S/C15H15NOS/c1-18-12-16(14-10-6-3-7-11-14)15(17)13-8-4-2-5-9-13/h2-11H,12H2,1H3. The van der Waals surface area contributed by atoms with Crippen molar-refractivity contribution in [2.45, 2.75) is 0 Å². The minimum absolute atomic E-state index is 0.0381. The zero-order valence-electron chi connectivity index (χ0n) is 10.2. The van der Waals surface area contributed by atoms with E-state index in [2.05, 4.69) is 0 Å². The maximum Gasteiger partial charge on any atom is 0.259 e. The smallest absolute Gasteiger partial charge is 0.259 e. The molecule has 2 rings (SSSR count). The first kappa shape index (κ1) is 12.7. The molecule has 1 amide bonds. The fourth-order valence-corrected chi connectivity index (χ4v) is 2.25. The Morgan fingerprint density at radius 3 is 2.11 bits per heavy atom. The third-order valence-corrected chi connectivity index (χ3v) is 3.11. The molecule has 0 aromatic heterocycles. The highest BCUT2D eigenvalue weighted by molar-refractivity contribution is 7.98. The molecule has 0 aliphatic rings. The predicted molar refractivity (Wildman–Crippen MR) is 78.1 cm³/mol. The van der Waals surface area contributed by atoms with Crippen LogP contribution in [-0.4, -0.2) is 18.0 Å². The molecule has 0 N–H and O–H groups in total. The van der Waals surface area contributed by atoms with Crippen LogP contribution in [0.1, 0.15) is 10.4 Å². The molecular formula is C15H15NOS. The molecule has 0 radical (unpaired) electrons. The Labute approximate surface area is 112 Å². The second kappa shape index (κ2) is 6.26. The molecule has 0 unspecified atom stereocenters. The van der Waals surface area contributed by atoms with Crippen molar-refractivity contribution in [3.63, 3.8) is 0 Å². The molecule has 2 aromatic rings. The molecule has 0 atom stereocenters. The van der Waals surface area contributed by atoms with Crippen molar-refractivity contribution in [1.29, 1.82) is 0 Å². The van der Waals surface area contributed by atoms with Gasteiger partial charge in [-0.3, -0.25) is 9.69 Å². The van der Waals surface area contributed by atoms with Crippen LogP contribution in [0.5, 0.6) is 0 Å². The summed E-state index contributed by atoms with van der Waals surface area (Å²) in [5, 5.41) is 0. The van der Waals surface area contributed by atoms with Gasteiger partial charge in [0.1, 0.15) is 0 Å². The van der Waals surface area contributed by atoms with E-state index in [0.717, 1.165) is 11.3 Å². The summed E-state index contributed by atoms with van der Waals surface area (Å²) >= 11 is 1.63. The molecule has 2 nitrogen and oxygen atoms in total. The van der Waals surface area contributed by atoms with Crippen LogP contribution in [0.15, 0.2) is 60.7 Å². The largest absolute Gasteiger partial charge is 0.299 e. The molecule has 2 aromatic carbocycles. The summed E-state index contributed by atoms with van der Waals surface area (Å²) in [6.45, 7) is 0. The summed E-state index contributed by atoms with van der Waals surface area (Å²) in [7, 11) is 0. The number of rotatable bonds is 4. The lowest BCUT2D eigenvalue weighted by molar-refractivity contribution is 0.0991. The van der Waals surface area contributed by atoms with E-state index >= 15 is 0 Å². The van der Waals surface area contributed by atoms with Gasteiger partial charge in [0.25, 0.3) is 5.91 Å². The van der Waals surface area contributed by atoms with Gasteiger partial charge in [0.2, 0.25) is 0 Å². The van der Waals surface area contributed by atoms with Gasteiger partial charge in [-0.1, -0.05) is 36.4 Å². The van der Waals surface area contributed by atoms with E-state index in [1.54, 1.807) is 16.7 Å². The molecule has 92 valence electrons. The fraction of sp³-hybridized carbons (Fsp3) is 0.133. The van der Waals surface area contributed by atoms with Crippen molar-refractivity contribution >= 4 is 23.4 Å². The van der Waals surface area contributed by atoms with Gasteiger partial charge in [-0.2, -0.15) is 0 Å². The predicted octanol–water partition coefficient (Wildman–Crippen LogP) is 3.65. The maximum absolute atomic E-state index is 12.4. The van der Waals surface area contributed by atoms with Crippen molar-refractivity contribution < 1.29 is 4.79 Å². The van der Waals surface area contributed by atoms with E-state index in [1.165, 1.54) is 0 Å². The molecule has 0 aliphatic carbocycles. The number of para-hydroxylation sites is 1. The summed E-state index contributed by atoms with van der Waals surface area (Å²) < 4.78 is 0. The summed E-state index contributed by atoms with van der Waals surface area (Å²) in [6, 6.07) is 19.1. The quantitative estimate of drug-likeness (QED) is 0.779. The molecule has 0 bridgehead atoms. The van der Waals surface area contributed by atoms with Crippen LogP contribution in [-0.2, 0) is 0 Å². The number of amides is 1. The zero-order valence-corrected chi connectivity index (χ0v) is 11.1. The molecule has 0 saturated heterocycles. The average molecular weight is 257 g/mol. The Bertz CT molecular complexity index is 498. The summed E-state index contributed by atoms with van der Waals surface area (Å²) in [5.74, 6) is 0.689. The van der Waals surface area contributed by atoms with Crippen LogP contribution in [0.4, 0.5) is 5.69 Å². The number of carbonyl (C=O) groups is 1. The number of carbonyl (C=O) groups excluding carboxylic acids is 1. The average Bonchev–Trinajstić information content (AvgIpc) is 2.46. The SMILES string of the molecule is CSCN(C(=O)c1ccccc1)c1ccccc1. The van der Waals surface area contributed by atoms with Crippen molar-refractivity contribution in [1.82, 2.24) is 0 Å². The highest BCUT2D eigenvalue weighted by Crippen LogP contribution is 2.18. The van der Waals surface area contributed by atoms with Crippen LogP contribution < -0.4 is 4.90 Å². The third-order valence-electron chi connectivity index (χ3n) is 2.59. The molecule has 18 heavy (non-hydrogen) atoms. The van der Waals surface area contributed by atoms with E-state index in [-0.39, 0.29) is 5.91 Å². The molecule has 0 heterocycles. The Balaban J connectivity index is 2.29. The van der Waals surface area contributed by atoms with Gasteiger partial charge in [-0.25, -0.2) is 0 Å². The Morgan fingerprint density at radius 1 is 1.00 bits per heavy atom. The Hall–Kier alpha value is -1.74. The number of anilines is 1. The van der Waals surface area contributed by atoms with Gasteiger partial charge in [0, 0.05) is 11.3 Å². The van der Waals surface area contributed by atoms with E-state index in [4.69, 9.17) is 0 Å². The normalized spacial score (nSPS) is 10.1. The summed E-state index contributed by atoms with van der Waals surface area (Å²) in [6.07, 6.45) is 1.99. The molecular weight excluding hydrogens is 242 g/mol. The lowest BCUT2D eigenvalue weighted by Gasteiger charge is -2.21. The highest BCUT2D eigenvalue weighted by Gasteiger charge is 2.16. The minimum Gasteiger partial charge on any atom is -0.299 e. The van der Waals surface area contributed by atoms with E-state index in [1.807, 2.05) is 66.9 Å². The van der Waals surface area contributed by atoms with Crippen LogP contribution in [0.2, 0.25) is 0 Å². The summed E-state index contributed by atoms with van der Waals surface area (Å²) in [4.78, 5) is 14.2. The fourth-order valence-electron chi connectivity index (χ4n) is 1.72. The molecule has 0 aliphatic heterocycles. The van der Waals surface area contributed by atoms with E-state index in [0.29, 0.717) is 5.88 Å². The lowest BCUT2D eigenvalue weighted by Crippen LogP contribution is -2.30. The third kappa shape index (κ3) is 2.93. The number of benzene rings is 2. The van der Waals surface area contributed by atoms with E-state index < -0.39 is 0 Å². The molecule has 0 saturated carbocycles. The number of nitrogens with zero attached hydrogens (tertiary/aromatic N) is 1. The van der Waals surface area contributed by atoms with Crippen molar-refractivity contribution in [2.24, 2.45) is 0 Å². The van der Waals surface area contributed by atoms with Gasteiger partial charge in [-0.05, 0) is 30.5 Å². The monoisotopic (exact) mass is 257 g/mol. The van der Waals surface area contributed by atoms with Crippen LogP contribution in [0.25, 0.3) is 0 Å². The van der Waals surface area contributed by atoms with Crippen molar-refractivity contribution in [2.75, 3.05) is 17.0 Å². The van der Waals surface area contributed by atoms with Gasteiger partial charge >= 0.3 is 0 Å². The maximum atomic E-state index is 12.4. The first-order valence-corrected chi connectivity index (χ1v) is 7.13. The molecule has 0 fully saturated rings. The second-order valence-corrected chi connectivity index (χ2v) is 4.69. The van der Waals surface area contributed by atoms with Gasteiger partial charge in [-0.15, -0.1) is 11.8 Å². The first-order valence-electron chi connectivity index (χ1n) is 5.74. The van der Waals surface area contributed by atoms with Crippen LogP contribution in [0, 0.1) is 0 Å². The van der Waals surface area contributed by atoms with Gasteiger partial charge in [0.15, 0.2) is 0 Å². The lowest BCUT2D eigenvalue weighted by atomic mass is 10.2. The minimum atomic E-state index is 0.0381. The number of thioether (sulfide) groups is 1. The van der Waals surface area contributed by atoms with Gasteiger partial charge < -0.3 is 0 Å². The van der Waals surface area contributed by atoms with Gasteiger partial charge in [0.05, 0.1) is 5.88 Å². The van der Waals surface area contributed by atoms with E-state index in [9.17, 15) is 4.79 Å². The molecule has 3 heteroatoms. The Kier molecular flexibility index (Phi) is 4.42. The molecule has 0 spiro atoms. The zero-order chi connectivity index (χ0) is 12.8. The first-order chi connectivity index (χ1) is 8.83. The van der Waals surface area contributed by atoms with Crippen LogP contribution >= 0.6 is 11.8 Å². The summed E-state index contributed by atoms with van der Waals surface area (Å²) in [5.41, 5.74) is 1.65. The van der Waals surface area contributed by atoms with Crippen molar-refractivity contribution in [3.8, 4) is 0 Å². The van der Waals surface area contributed by atoms with Crippen molar-refractivity contribution in [3.05, 3.63) is 66.2 Å². The highest BCUT2D eigenvalue weighted by atomic mass is 32.2. The number of hydrogen-bond donors (Lipinski definition) is 0.